The van der Waals surface area contributed by atoms with E-state index in [1.54, 1.807) is 13.8 Å². The van der Waals surface area contributed by atoms with Gasteiger partial charge in [0.15, 0.2) is 17.1 Å². The first-order chi connectivity index (χ1) is 20.4. The van der Waals surface area contributed by atoms with Crippen molar-refractivity contribution in [2.45, 2.75) is 110 Å². The smallest absolute Gasteiger partial charge is 0.375 e. The second kappa shape index (κ2) is 12.1. The molecule has 3 fully saturated rings. The van der Waals surface area contributed by atoms with Crippen molar-refractivity contribution in [3.05, 3.63) is 48.0 Å². The zero-order valence-corrected chi connectivity index (χ0v) is 27.9. The summed E-state index contributed by atoms with van der Waals surface area (Å²) in [6.45, 7) is 17.3. The van der Waals surface area contributed by atoms with Crippen LogP contribution in [-0.2, 0) is 14.3 Å². The number of esters is 1. The van der Waals surface area contributed by atoms with E-state index < -0.39 is 69.0 Å². The maximum atomic E-state index is 17.3. The molecule has 0 saturated heterocycles. The number of ether oxygens (including phenoxy) is 1. The summed E-state index contributed by atoms with van der Waals surface area (Å²) in [4.78, 5) is 40.5. The van der Waals surface area contributed by atoms with Gasteiger partial charge < -0.3 is 14.3 Å². The molecule has 7 nitrogen and oxygen atoms in total. The molecule has 0 aliphatic heterocycles. The minimum absolute atomic E-state index is 0.0261. The summed E-state index contributed by atoms with van der Waals surface area (Å²) in [5.74, 6) is -3.57. The predicted octanol–water partition coefficient (Wildman–Crippen LogP) is 6.32. The normalized spacial score (nSPS) is 39.3. The molecule has 1 aromatic rings. The van der Waals surface area contributed by atoms with Crippen molar-refractivity contribution in [2.75, 3.05) is 6.54 Å². The molecule has 0 aromatic carbocycles. The Morgan fingerprint density at radius 3 is 2.32 bits per heavy atom. The number of ketones is 1. The number of rotatable bonds is 6. The van der Waals surface area contributed by atoms with E-state index >= 15 is 8.78 Å². The molecule has 244 valence electrons. The molecule has 1 aromatic heterocycles. The highest BCUT2D eigenvalue weighted by molar-refractivity contribution is 7.96. The van der Waals surface area contributed by atoms with Crippen LogP contribution in [-0.4, -0.2) is 69.0 Å². The lowest BCUT2D eigenvalue weighted by Crippen LogP contribution is -2.70. The van der Waals surface area contributed by atoms with Crippen LogP contribution in [0.4, 0.5) is 8.78 Å². The molecule has 0 bridgehead atoms. The molecule has 10 heteroatoms. The lowest BCUT2D eigenvalue weighted by molar-refractivity contribution is -0.221. The maximum Gasteiger partial charge on any atom is 0.375 e. The lowest BCUT2D eigenvalue weighted by Gasteiger charge is -2.63. The molecule has 9 atom stereocenters. The van der Waals surface area contributed by atoms with Gasteiger partial charge in [-0.3, -0.25) is 14.5 Å². The molecular weight excluding hydrogens is 588 g/mol. The number of furan rings is 1. The molecule has 0 radical (unpaired) electrons. The van der Waals surface area contributed by atoms with E-state index in [-0.39, 0.29) is 30.6 Å². The number of aliphatic hydroxyl groups excluding tert-OH is 1. The Kier molecular flexibility index (Phi) is 9.54. The number of carbonyl (C=O) groups is 3. The summed E-state index contributed by atoms with van der Waals surface area (Å²) in [5.41, 5.74) is -6.80. The SMILES string of the molecule is CCN(C(C)C)C(C)C.C[C@@H]1C[C@H]2[C@@H]3C[C@H](F)C4=CC(=O)C=C[C@]4(C)[C@@]3(F)[C@@H](O)C[C@]2(C)[C@@]1(OC(=O)c1ccco1)C(=O)S. The Hall–Kier alpha value is -2.30. The highest BCUT2D eigenvalue weighted by Crippen LogP contribution is 2.71. The van der Waals surface area contributed by atoms with Crippen LogP contribution in [0.3, 0.4) is 0 Å². The molecule has 4 aliphatic rings. The second-order valence-corrected chi connectivity index (χ2v) is 14.3. The minimum Gasteiger partial charge on any atom is -0.457 e. The van der Waals surface area contributed by atoms with E-state index in [2.05, 4.69) is 52.1 Å². The van der Waals surface area contributed by atoms with Crippen LogP contribution in [0.5, 0.6) is 0 Å². The standard InChI is InChI=1S/C26H28F2O6S.C8H19N/c1-13-9-15-16-11-18(27)17-10-14(29)6-7-23(17,2)25(16,28)20(30)12-24(15,3)26(13,22(32)35)34-21(31)19-5-4-8-33-19;1-6-9(7(2)3)8(4)5/h4-8,10,13,15-16,18,20,30H,9,11-12H2,1-3H3,(H,32,35);7-8H,6H2,1-5H3/t13-,15+,16+,18+,20+,23+,24+,25+,26+;/m1./s1. The highest BCUT2D eigenvalue weighted by Gasteiger charge is 2.78. The Bertz CT molecular complexity index is 1320. The minimum atomic E-state index is -2.29. The van der Waals surface area contributed by atoms with Gasteiger partial charge >= 0.3 is 5.97 Å². The number of allylic oxidation sites excluding steroid dienone is 4. The monoisotopic (exact) mass is 635 g/mol. The number of hydrogen-bond acceptors (Lipinski definition) is 7. The molecule has 0 spiro atoms. The van der Waals surface area contributed by atoms with E-state index in [1.807, 2.05) is 0 Å². The van der Waals surface area contributed by atoms with Crippen molar-refractivity contribution >= 4 is 29.5 Å². The van der Waals surface area contributed by atoms with Gasteiger partial charge in [0.1, 0.15) is 6.17 Å². The van der Waals surface area contributed by atoms with E-state index in [4.69, 9.17) is 9.15 Å². The first-order valence-corrected chi connectivity index (χ1v) is 16.1. The van der Waals surface area contributed by atoms with E-state index in [0.717, 1.165) is 12.6 Å². The summed E-state index contributed by atoms with van der Waals surface area (Å²) in [5, 5.41) is 10.7. The summed E-state index contributed by atoms with van der Waals surface area (Å²) in [7, 11) is 0. The van der Waals surface area contributed by atoms with Gasteiger partial charge in [0.2, 0.25) is 10.9 Å². The Balaban J connectivity index is 0.000000429. The number of alkyl halides is 2. The molecule has 1 heterocycles. The molecule has 0 amide bonds. The van der Waals surface area contributed by atoms with Crippen molar-refractivity contribution in [1.29, 1.82) is 0 Å². The third-order valence-electron chi connectivity index (χ3n) is 11.2. The van der Waals surface area contributed by atoms with Gasteiger partial charge in [0, 0.05) is 34.7 Å². The first-order valence-electron chi connectivity index (χ1n) is 15.6. The highest BCUT2D eigenvalue weighted by atomic mass is 32.1. The third kappa shape index (κ3) is 5.03. The van der Waals surface area contributed by atoms with Gasteiger partial charge in [-0.1, -0.05) is 26.8 Å². The summed E-state index contributed by atoms with van der Waals surface area (Å²) < 4.78 is 43.8. The van der Waals surface area contributed by atoms with E-state index in [1.165, 1.54) is 37.5 Å². The summed E-state index contributed by atoms with van der Waals surface area (Å²) >= 11 is 4.11. The molecule has 1 N–H and O–H groups in total. The number of halogens is 2. The number of carbonyl (C=O) groups excluding carboxylic acids is 3. The second-order valence-electron chi connectivity index (χ2n) is 13.9. The predicted molar refractivity (Wildman–Crippen MR) is 167 cm³/mol. The quantitative estimate of drug-likeness (QED) is 0.279. The van der Waals surface area contributed by atoms with Crippen LogP contribution in [0.2, 0.25) is 0 Å². The van der Waals surface area contributed by atoms with Crippen LogP contribution < -0.4 is 0 Å². The zero-order valence-electron chi connectivity index (χ0n) is 27.0. The van der Waals surface area contributed by atoms with Gasteiger partial charge in [0.25, 0.3) is 0 Å². The number of fused-ring (bicyclic) bond motifs is 5. The lowest BCUT2D eigenvalue weighted by atomic mass is 9.44. The van der Waals surface area contributed by atoms with Gasteiger partial charge in [0.05, 0.1) is 12.4 Å². The van der Waals surface area contributed by atoms with Crippen molar-refractivity contribution in [3.8, 4) is 0 Å². The van der Waals surface area contributed by atoms with Crippen LogP contribution in [0, 0.1) is 28.6 Å². The molecular formula is C34H47F2NO6S. The fraction of sp³-hybridized carbons (Fsp3) is 0.676. The number of aliphatic hydroxyl groups is 1. The maximum absolute atomic E-state index is 17.3. The van der Waals surface area contributed by atoms with Crippen molar-refractivity contribution in [3.63, 3.8) is 0 Å². The number of nitrogens with zero attached hydrogens (tertiary/aromatic N) is 1. The fourth-order valence-corrected chi connectivity index (χ4v) is 9.68. The summed E-state index contributed by atoms with van der Waals surface area (Å²) in [6, 6.07) is 4.29. The first kappa shape index (κ1) is 34.6. The Morgan fingerprint density at radius 2 is 1.82 bits per heavy atom. The zero-order chi connectivity index (χ0) is 33.0. The van der Waals surface area contributed by atoms with Gasteiger partial charge in [-0.2, -0.15) is 0 Å². The van der Waals surface area contributed by atoms with Crippen molar-refractivity contribution in [1.82, 2.24) is 4.90 Å². The van der Waals surface area contributed by atoms with Gasteiger partial charge in [-0.15, -0.1) is 12.6 Å². The molecule has 0 unspecified atom stereocenters. The third-order valence-corrected chi connectivity index (χ3v) is 11.5. The average Bonchev–Trinajstić information content (AvgIpc) is 3.54. The molecule has 5 rings (SSSR count). The largest absolute Gasteiger partial charge is 0.457 e. The number of thiol groups is 1. The van der Waals surface area contributed by atoms with Crippen LogP contribution in [0.25, 0.3) is 0 Å². The number of hydrogen-bond donors (Lipinski definition) is 2. The van der Waals surface area contributed by atoms with Crippen molar-refractivity contribution < 1.29 is 37.4 Å². The van der Waals surface area contributed by atoms with Gasteiger partial charge in [-0.25, -0.2) is 13.6 Å². The Morgan fingerprint density at radius 1 is 1.18 bits per heavy atom. The molecule has 44 heavy (non-hydrogen) atoms. The summed E-state index contributed by atoms with van der Waals surface area (Å²) in [6.07, 6.45) is 1.58. The van der Waals surface area contributed by atoms with Crippen LogP contribution in [0.15, 0.2) is 46.6 Å². The van der Waals surface area contributed by atoms with Crippen LogP contribution in [0.1, 0.15) is 85.2 Å². The van der Waals surface area contributed by atoms with Crippen molar-refractivity contribution in [2.24, 2.45) is 28.6 Å². The van der Waals surface area contributed by atoms with E-state index in [0.29, 0.717) is 12.1 Å². The molecule has 4 aliphatic carbocycles. The van der Waals surface area contributed by atoms with Gasteiger partial charge in [-0.05, 0) is 96.2 Å². The Labute approximate surface area is 264 Å². The topological polar surface area (TPSA) is 97.1 Å². The fourth-order valence-electron chi connectivity index (χ4n) is 9.16. The average molecular weight is 636 g/mol. The molecule has 3 saturated carbocycles. The van der Waals surface area contributed by atoms with E-state index in [9.17, 15) is 19.5 Å². The van der Waals surface area contributed by atoms with Crippen LogP contribution >= 0.6 is 12.6 Å².